The predicted octanol–water partition coefficient (Wildman–Crippen LogP) is 2.98. The van der Waals surface area contributed by atoms with Crippen LogP contribution in [0, 0.1) is 23.2 Å². The maximum atomic E-state index is 12.5. The van der Waals surface area contributed by atoms with Gasteiger partial charge in [-0.2, -0.15) is 0 Å². The average Bonchev–Trinajstić information content (AvgIpc) is 2.36. The Bertz CT molecular complexity index is 441. The van der Waals surface area contributed by atoms with Crippen LogP contribution >= 0.6 is 0 Å². The molecule has 0 aromatic heterocycles. The van der Waals surface area contributed by atoms with Crippen molar-refractivity contribution in [1.82, 2.24) is 5.32 Å². The van der Waals surface area contributed by atoms with Crippen molar-refractivity contribution < 1.29 is 14.7 Å². The number of allylic oxidation sites excluding steroid dienone is 2. The SMILES string of the molecule is CC1CC(NC(=O)C2CC=CCC2C(=O)O)CC(C)(C)C1. The zero-order valence-corrected chi connectivity index (χ0v) is 13.3. The first-order valence-corrected chi connectivity index (χ1v) is 7.96. The van der Waals surface area contributed by atoms with E-state index in [4.69, 9.17) is 0 Å². The van der Waals surface area contributed by atoms with Crippen molar-refractivity contribution in [3.63, 3.8) is 0 Å². The summed E-state index contributed by atoms with van der Waals surface area (Å²) < 4.78 is 0. The predicted molar refractivity (Wildman–Crippen MR) is 81.7 cm³/mol. The Balaban J connectivity index is 2.00. The summed E-state index contributed by atoms with van der Waals surface area (Å²) >= 11 is 0. The van der Waals surface area contributed by atoms with E-state index in [1.54, 1.807) is 0 Å². The quantitative estimate of drug-likeness (QED) is 0.786. The van der Waals surface area contributed by atoms with Gasteiger partial charge in [-0.25, -0.2) is 0 Å². The van der Waals surface area contributed by atoms with Gasteiger partial charge < -0.3 is 10.4 Å². The molecular formula is C17H27NO3. The number of aliphatic carboxylic acids is 1. The molecule has 0 saturated heterocycles. The third-order valence-corrected chi connectivity index (χ3v) is 4.82. The Labute approximate surface area is 127 Å². The van der Waals surface area contributed by atoms with Crippen molar-refractivity contribution in [2.75, 3.05) is 0 Å². The standard InChI is InChI=1S/C17H27NO3/c1-11-8-12(10-17(2,3)9-11)18-15(19)13-6-4-5-7-14(13)16(20)21/h4-5,11-14H,6-10H2,1-3H3,(H,18,19)(H,20,21). The van der Waals surface area contributed by atoms with E-state index in [2.05, 4.69) is 26.1 Å². The lowest BCUT2D eigenvalue weighted by atomic mass is 9.70. The van der Waals surface area contributed by atoms with Crippen LogP contribution in [0.15, 0.2) is 12.2 Å². The molecule has 118 valence electrons. The first kappa shape index (κ1) is 16.1. The molecule has 4 heteroatoms. The van der Waals surface area contributed by atoms with Gasteiger partial charge in [0.15, 0.2) is 0 Å². The molecule has 0 spiro atoms. The van der Waals surface area contributed by atoms with E-state index in [0.717, 1.165) is 12.8 Å². The van der Waals surface area contributed by atoms with Gasteiger partial charge in [0, 0.05) is 6.04 Å². The highest BCUT2D eigenvalue weighted by atomic mass is 16.4. The fraction of sp³-hybridized carbons (Fsp3) is 0.765. The van der Waals surface area contributed by atoms with E-state index >= 15 is 0 Å². The van der Waals surface area contributed by atoms with Gasteiger partial charge in [0.2, 0.25) is 5.91 Å². The smallest absolute Gasteiger partial charge is 0.307 e. The number of amides is 1. The molecular weight excluding hydrogens is 266 g/mol. The third kappa shape index (κ3) is 4.08. The summed E-state index contributed by atoms with van der Waals surface area (Å²) in [4.78, 5) is 23.8. The minimum atomic E-state index is -0.864. The van der Waals surface area contributed by atoms with Crippen molar-refractivity contribution in [2.45, 2.75) is 58.9 Å². The lowest BCUT2D eigenvalue weighted by molar-refractivity contribution is -0.147. The number of carbonyl (C=O) groups excluding carboxylic acids is 1. The normalized spacial score (nSPS) is 35.2. The molecule has 0 aromatic carbocycles. The molecule has 0 radical (unpaired) electrons. The summed E-state index contributed by atoms with van der Waals surface area (Å²) in [6, 6.07) is 0.177. The molecule has 0 aliphatic heterocycles. The van der Waals surface area contributed by atoms with Crippen LogP contribution < -0.4 is 5.32 Å². The number of carbonyl (C=O) groups is 2. The van der Waals surface area contributed by atoms with Gasteiger partial charge in [0.05, 0.1) is 11.8 Å². The highest BCUT2D eigenvalue weighted by molar-refractivity contribution is 5.85. The van der Waals surface area contributed by atoms with E-state index < -0.39 is 17.8 Å². The van der Waals surface area contributed by atoms with Gasteiger partial charge in [0.25, 0.3) is 0 Å². The van der Waals surface area contributed by atoms with Crippen LogP contribution in [0.5, 0.6) is 0 Å². The summed E-state index contributed by atoms with van der Waals surface area (Å²) in [6.07, 6.45) is 7.95. The molecule has 4 nitrogen and oxygen atoms in total. The topological polar surface area (TPSA) is 66.4 Å². The lowest BCUT2D eigenvalue weighted by Gasteiger charge is -2.40. The number of hydrogen-bond acceptors (Lipinski definition) is 2. The van der Waals surface area contributed by atoms with Crippen molar-refractivity contribution in [3.05, 3.63) is 12.2 Å². The average molecular weight is 293 g/mol. The monoisotopic (exact) mass is 293 g/mol. The maximum Gasteiger partial charge on any atom is 0.307 e. The van der Waals surface area contributed by atoms with Crippen LogP contribution in [-0.4, -0.2) is 23.0 Å². The molecule has 4 atom stereocenters. The van der Waals surface area contributed by atoms with Crippen LogP contribution in [0.4, 0.5) is 0 Å². The molecule has 4 unspecified atom stereocenters. The molecule has 2 aliphatic rings. The highest BCUT2D eigenvalue weighted by Crippen LogP contribution is 2.38. The Morgan fingerprint density at radius 3 is 2.33 bits per heavy atom. The Morgan fingerprint density at radius 2 is 1.76 bits per heavy atom. The van der Waals surface area contributed by atoms with E-state index in [0.29, 0.717) is 18.8 Å². The summed E-state index contributed by atoms with van der Waals surface area (Å²) in [5.41, 5.74) is 0.244. The van der Waals surface area contributed by atoms with Gasteiger partial charge in [-0.3, -0.25) is 9.59 Å². The van der Waals surface area contributed by atoms with Gasteiger partial charge in [-0.15, -0.1) is 0 Å². The second-order valence-electron chi connectivity index (χ2n) is 7.61. The Morgan fingerprint density at radius 1 is 1.14 bits per heavy atom. The van der Waals surface area contributed by atoms with Crippen LogP contribution in [0.2, 0.25) is 0 Å². The Hall–Kier alpha value is -1.32. The number of nitrogens with one attached hydrogen (secondary N) is 1. The van der Waals surface area contributed by atoms with Crippen molar-refractivity contribution >= 4 is 11.9 Å². The first-order valence-electron chi connectivity index (χ1n) is 7.96. The molecule has 1 amide bonds. The molecule has 2 N–H and O–H groups in total. The molecule has 0 heterocycles. The number of rotatable bonds is 3. The second kappa shape index (κ2) is 6.20. The summed E-state index contributed by atoms with van der Waals surface area (Å²) in [7, 11) is 0. The summed E-state index contributed by atoms with van der Waals surface area (Å²) in [5, 5.41) is 12.4. The van der Waals surface area contributed by atoms with Crippen LogP contribution in [0.25, 0.3) is 0 Å². The van der Waals surface area contributed by atoms with Crippen molar-refractivity contribution in [2.24, 2.45) is 23.2 Å². The molecule has 0 aromatic rings. The molecule has 1 fully saturated rings. The van der Waals surface area contributed by atoms with E-state index in [1.165, 1.54) is 6.42 Å². The zero-order chi connectivity index (χ0) is 15.6. The largest absolute Gasteiger partial charge is 0.481 e. The minimum absolute atomic E-state index is 0.0818. The van der Waals surface area contributed by atoms with Gasteiger partial charge in [-0.05, 0) is 43.4 Å². The van der Waals surface area contributed by atoms with Crippen LogP contribution in [0.1, 0.15) is 52.9 Å². The van der Waals surface area contributed by atoms with E-state index in [1.807, 2.05) is 12.2 Å². The summed E-state index contributed by atoms with van der Waals surface area (Å²) in [6.45, 7) is 6.71. The Kier molecular flexibility index (Phi) is 4.74. The number of hydrogen-bond donors (Lipinski definition) is 2. The van der Waals surface area contributed by atoms with Crippen LogP contribution in [-0.2, 0) is 9.59 Å². The fourth-order valence-electron chi connectivity index (χ4n) is 4.14. The van der Waals surface area contributed by atoms with E-state index in [-0.39, 0.29) is 17.4 Å². The molecule has 1 saturated carbocycles. The maximum absolute atomic E-state index is 12.5. The lowest BCUT2D eigenvalue weighted by Crippen LogP contribution is -2.47. The minimum Gasteiger partial charge on any atom is -0.481 e. The fourth-order valence-corrected chi connectivity index (χ4v) is 4.14. The summed E-state index contributed by atoms with van der Waals surface area (Å²) in [5.74, 6) is -1.35. The van der Waals surface area contributed by atoms with E-state index in [9.17, 15) is 14.7 Å². The third-order valence-electron chi connectivity index (χ3n) is 4.82. The van der Waals surface area contributed by atoms with Crippen LogP contribution in [0.3, 0.4) is 0 Å². The van der Waals surface area contributed by atoms with Gasteiger partial charge in [-0.1, -0.05) is 32.9 Å². The molecule has 2 aliphatic carbocycles. The van der Waals surface area contributed by atoms with Gasteiger partial charge in [0.1, 0.15) is 0 Å². The molecule has 21 heavy (non-hydrogen) atoms. The molecule has 2 rings (SSSR count). The van der Waals surface area contributed by atoms with Crippen molar-refractivity contribution in [3.8, 4) is 0 Å². The second-order valence-corrected chi connectivity index (χ2v) is 7.61. The van der Waals surface area contributed by atoms with Gasteiger partial charge >= 0.3 is 5.97 Å². The first-order chi connectivity index (χ1) is 9.78. The number of carboxylic acid groups (broad SMARTS) is 1. The number of carboxylic acids is 1. The van der Waals surface area contributed by atoms with Crippen molar-refractivity contribution in [1.29, 1.82) is 0 Å². The zero-order valence-electron chi connectivity index (χ0n) is 13.3. The molecule has 0 bridgehead atoms. The highest BCUT2D eigenvalue weighted by Gasteiger charge is 2.37.